The molecule has 1 aromatic carbocycles. The van der Waals surface area contributed by atoms with E-state index in [1.807, 2.05) is 0 Å². The molecule has 114 valence electrons. The normalized spacial score (nSPS) is 10.6. The third-order valence-corrected chi connectivity index (χ3v) is 3.59. The van der Waals surface area contributed by atoms with Gasteiger partial charge < -0.3 is 15.3 Å². The van der Waals surface area contributed by atoms with E-state index in [9.17, 15) is 0 Å². The van der Waals surface area contributed by atoms with E-state index in [2.05, 4.69) is 48.3 Å². The van der Waals surface area contributed by atoms with E-state index in [4.69, 9.17) is 5.11 Å². The van der Waals surface area contributed by atoms with Crippen LogP contribution in [0.4, 0.5) is 11.4 Å². The SMILES string of the molecule is CCCCCCCNc1ccc(N(CC)CCO)cc1. The van der Waals surface area contributed by atoms with Gasteiger partial charge >= 0.3 is 0 Å². The lowest BCUT2D eigenvalue weighted by atomic mass is 10.1. The monoisotopic (exact) mass is 278 g/mol. The molecule has 0 saturated carbocycles. The number of nitrogens with zero attached hydrogens (tertiary/aromatic N) is 1. The van der Waals surface area contributed by atoms with Crippen molar-refractivity contribution in [2.24, 2.45) is 0 Å². The summed E-state index contributed by atoms with van der Waals surface area (Å²) in [6, 6.07) is 8.50. The number of likely N-dealkylation sites (N-methyl/N-ethyl adjacent to an activating group) is 1. The second-order valence-corrected chi connectivity index (χ2v) is 5.19. The molecular weight excluding hydrogens is 248 g/mol. The zero-order chi connectivity index (χ0) is 14.6. The fourth-order valence-corrected chi connectivity index (χ4v) is 2.34. The van der Waals surface area contributed by atoms with Crippen LogP contribution < -0.4 is 10.2 Å². The van der Waals surface area contributed by atoms with E-state index in [1.165, 1.54) is 43.5 Å². The van der Waals surface area contributed by atoms with Crippen molar-refractivity contribution in [3.63, 3.8) is 0 Å². The second kappa shape index (κ2) is 10.6. The molecule has 0 radical (unpaired) electrons. The Hall–Kier alpha value is -1.22. The zero-order valence-corrected chi connectivity index (χ0v) is 13.1. The highest BCUT2D eigenvalue weighted by Crippen LogP contribution is 2.17. The minimum atomic E-state index is 0.200. The van der Waals surface area contributed by atoms with Gasteiger partial charge in [0.25, 0.3) is 0 Å². The largest absolute Gasteiger partial charge is 0.395 e. The van der Waals surface area contributed by atoms with Gasteiger partial charge in [0.15, 0.2) is 0 Å². The van der Waals surface area contributed by atoms with E-state index in [-0.39, 0.29) is 6.61 Å². The molecule has 0 heterocycles. The summed E-state index contributed by atoms with van der Waals surface area (Å²) < 4.78 is 0. The van der Waals surface area contributed by atoms with Crippen LogP contribution >= 0.6 is 0 Å². The van der Waals surface area contributed by atoms with Gasteiger partial charge in [0, 0.05) is 31.0 Å². The van der Waals surface area contributed by atoms with Crippen molar-refractivity contribution in [1.29, 1.82) is 0 Å². The minimum Gasteiger partial charge on any atom is -0.395 e. The number of nitrogens with one attached hydrogen (secondary N) is 1. The first-order chi connectivity index (χ1) is 9.81. The van der Waals surface area contributed by atoms with Crippen molar-refractivity contribution in [2.75, 3.05) is 36.5 Å². The maximum Gasteiger partial charge on any atom is 0.0606 e. The molecule has 0 aromatic heterocycles. The van der Waals surface area contributed by atoms with Crippen LogP contribution in [0.15, 0.2) is 24.3 Å². The molecule has 3 nitrogen and oxygen atoms in total. The first kappa shape index (κ1) is 16.8. The van der Waals surface area contributed by atoms with E-state index in [0.29, 0.717) is 6.54 Å². The van der Waals surface area contributed by atoms with Crippen molar-refractivity contribution in [2.45, 2.75) is 46.0 Å². The molecule has 0 fully saturated rings. The predicted molar refractivity (Wildman–Crippen MR) is 88.7 cm³/mol. The molecule has 2 N–H and O–H groups in total. The number of anilines is 2. The maximum atomic E-state index is 9.03. The Balaban J connectivity index is 2.31. The van der Waals surface area contributed by atoms with Crippen molar-refractivity contribution in [3.8, 4) is 0 Å². The summed E-state index contributed by atoms with van der Waals surface area (Å²) in [5.41, 5.74) is 2.36. The third-order valence-electron chi connectivity index (χ3n) is 3.59. The van der Waals surface area contributed by atoms with Crippen molar-refractivity contribution >= 4 is 11.4 Å². The highest BCUT2D eigenvalue weighted by Gasteiger charge is 2.02. The van der Waals surface area contributed by atoms with Crippen LogP contribution in [-0.2, 0) is 0 Å². The Morgan fingerprint density at radius 1 is 1.00 bits per heavy atom. The Kier molecular flexibility index (Phi) is 8.88. The summed E-state index contributed by atoms with van der Waals surface area (Å²) in [5.74, 6) is 0. The zero-order valence-electron chi connectivity index (χ0n) is 13.1. The van der Waals surface area contributed by atoms with Gasteiger partial charge in [-0.1, -0.05) is 32.6 Å². The lowest BCUT2D eigenvalue weighted by molar-refractivity contribution is 0.302. The fourth-order valence-electron chi connectivity index (χ4n) is 2.34. The summed E-state index contributed by atoms with van der Waals surface area (Å²) >= 11 is 0. The Labute approximate surface area is 124 Å². The fraction of sp³-hybridized carbons (Fsp3) is 0.647. The number of hydrogen-bond donors (Lipinski definition) is 2. The molecule has 1 rings (SSSR count). The van der Waals surface area contributed by atoms with Crippen molar-refractivity contribution in [1.82, 2.24) is 0 Å². The van der Waals surface area contributed by atoms with Gasteiger partial charge in [0.1, 0.15) is 0 Å². The summed E-state index contributed by atoms with van der Waals surface area (Å²) in [7, 11) is 0. The van der Waals surface area contributed by atoms with Gasteiger partial charge in [-0.25, -0.2) is 0 Å². The molecule has 0 saturated heterocycles. The predicted octanol–water partition coefficient (Wildman–Crippen LogP) is 3.89. The molecule has 0 aliphatic carbocycles. The second-order valence-electron chi connectivity index (χ2n) is 5.19. The average molecular weight is 278 g/mol. The van der Waals surface area contributed by atoms with Crippen LogP contribution in [0, 0.1) is 0 Å². The minimum absolute atomic E-state index is 0.200. The van der Waals surface area contributed by atoms with Gasteiger partial charge in [-0.15, -0.1) is 0 Å². The van der Waals surface area contributed by atoms with Gasteiger partial charge in [0.2, 0.25) is 0 Å². The van der Waals surface area contributed by atoms with Gasteiger partial charge in [0.05, 0.1) is 6.61 Å². The van der Waals surface area contributed by atoms with Crippen LogP contribution in [-0.4, -0.2) is 31.3 Å². The molecular formula is C17H30N2O. The lowest BCUT2D eigenvalue weighted by Crippen LogP contribution is -2.25. The summed E-state index contributed by atoms with van der Waals surface area (Å²) in [6.45, 7) is 7.22. The van der Waals surface area contributed by atoms with Gasteiger partial charge in [-0.3, -0.25) is 0 Å². The van der Waals surface area contributed by atoms with Crippen LogP contribution in [0.2, 0.25) is 0 Å². The molecule has 0 amide bonds. The van der Waals surface area contributed by atoms with Crippen molar-refractivity contribution < 1.29 is 5.11 Å². The van der Waals surface area contributed by atoms with Crippen molar-refractivity contribution in [3.05, 3.63) is 24.3 Å². The van der Waals surface area contributed by atoms with Crippen LogP contribution in [0.25, 0.3) is 0 Å². The van der Waals surface area contributed by atoms with Crippen LogP contribution in [0.5, 0.6) is 0 Å². The molecule has 1 aromatic rings. The first-order valence-electron chi connectivity index (χ1n) is 8.01. The number of aliphatic hydroxyl groups excluding tert-OH is 1. The molecule has 0 aliphatic heterocycles. The number of rotatable bonds is 11. The van der Waals surface area contributed by atoms with E-state index in [1.54, 1.807) is 0 Å². The van der Waals surface area contributed by atoms with E-state index >= 15 is 0 Å². The first-order valence-corrected chi connectivity index (χ1v) is 8.01. The molecule has 3 heteroatoms. The summed E-state index contributed by atoms with van der Waals surface area (Å²) in [6.07, 6.45) is 6.57. The quantitative estimate of drug-likeness (QED) is 0.603. The Morgan fingerprint density at radius 3 is 2.30 bits per heavy atom. The topological polar surface area (TPSA) is 35.5 Å². The molecule has 0 atom stereocenters. The smallest absolute Gasteiger partial charge is 0.0606 e. The van der Waals surface area contributed by atoms with Crippen LogP contribution in [0.3, 0.4) is 0 Å². The standard InChI is InChI=1S/C17H30N2O/c1-3-5-6-7-8-13-18-16-9-11-17(12-10-16)19(4-2)14-15-20/h9-12,18,20H,3-8,13-15H2,1-2H3. The highest BCUT2D eigenvalue weighted by atomic mass is 16.3. The average Bonchev–Trinajstić information content (AvgIpc) is 2.49. The van der Waals surface area contributed by atoms with Crippen LogP contribution in [0.1, 0.15) is 46.0 Å². The maximum absolute atomic E-state index is 9.03. The summed E-state index contributed by atoms with van der Waals surface area (Å²) in [5, 5.41) is 12.5. The molecule has 0 aliphatic rings. The summed E-state index contributed by atoms with van der Waals surface area (Å²) in [4.78, 5) is 2.18. The highest BCUT2D eigenvalue weighted by molar-refractivity contribution is 5.55. The Morgan fingerprint density at radius 2 is 1.70 bits per heavy atom. The molecule has 0 spiro atoms. The number of unbranched alkanes of at least 4 members (excludes halogenated alkanes) is 4. The molecule has 0 bridgehead atoms. The van der Waals surface area contributed by atoms with E-state index in [0.717, 1.165) is 13.1 Å². The number of benzene rings is 1. The van der Waals surface area contributed by atoms with Gasteiger partial charge in [-0.2, -0.15) is 0 Å². The Bertz CT molecular complexity index is 337. The number of hydrogen-bond acceptors (Lipinski definition) is 3. The number of aliphatic hydroxyl groups is 1. The molecule has 0 unspecified atom stereocenters. The van der Waals surface area contributed by atoms with E-state index < -0.39 is 0 Å². The molecule has 20 heavy (non-hydrogen) atoms. The van der Waals surface area contributed by atoms with Gasteiger partial charge in [-0.05, 0) is 37.6 Å². The third kappa shape index (κ3) is 6.29. The lowest BCUT2D eigenvalue weighted by Gasteiger charge is -2.22.